The van der Waals surface area contributed by atoms with Gasteiger partial charge in [0.25, 0.3) is 0 Å². The Kier molecular flexibility index (Phi) is 10.9. The van der Waals surface area contributed by atoms with E-state index in [1.54, 1.807) is 6.07 Å². The lowest BCUT2D eigenvalue weighted by Gasteiger charge is -2.40. The molecule has 242 valence electrons. The Hall–Kier alpha value is -3.57. The van der Waals surface area contributed by atoms with Crippen molar-refractivity contribution in [3.63, 3.8) is 0 Å². The molecule has 1 heterocycles. The van der Waals surface area contributed by atoms with Gasteiger partial charge in [0.15, 0.2) is 0 Å². The molecule has 12 heteroatoms. The molecule has 1 aliphatic carbocycles. The number of nitrogens with one attached hydrogen (secondary N) is 4. The largest absolute Gasteiger partial charge is 0.392 e. The Morgan fingerprint density at radius 1 is 1.07 bits per heavy atom. The molecule has 4 rings (SSSR count). The molecule has 3 aromatic rings. The molecule has 5 atom stereocenters. The van der Waals surface area contributed by atoms with Crippen LogP contribution in [0.5, 0.6) is 0 Å². The molecular formula is C33H40ClF2N5O3S. The zero-order valence-electron chi connectivity index (χ0n) is 25.9. The van der Waals surface area contributed by atoms with Gasteiger partial charge in [-0.1, -0.05) is 82.6 Å². The Morgan fingerprint density at radius 3 is 2.38 bits per heavy atom. The number of thiocarbonyl (C=S) groups is 1. The molecule has 1 aliphatic rings. The van der Waals surface area contributed by atoms with Crippen molar-refractivity contribution in [2.75, 3.05) is 0 Å². The molecule has 0 saturated heterocycles. The van der Waals surface area contributed by atoms with Crippen LogP contribution >= 0.6 is 23.8 Å². The number of rotatable bonds is 12. The van der Waals surface area contributed by atoms with Crippen molar-refractivity contribution in [1.29, 1.82) is 0 Å². The van der Waals surface area contributed by atoms with Gasteiger partial charge in [-0.25, -0.2) is 8.78 Å². The highest BCUT2D eigenvalue weighted by Crippen LogP contribution is 2.37. The fourth-order valence-electron chi connectivity index (χ4n) is 5.89. The van der Waals surface area contributed by atoms with E-state index in [9.17, 15) is 23.2 Å². The van der Waals surface area contributed by atoms with Crippen LogP contribution < -0.4 is 21.7 Å². The average molecular weight is 660 g/mol. The van der Waals surface area contributed by atoms with Gasteiger partial charge in [0.2, 0.25) is 17.7 Å². The summed E-state index contributed by atoms with van der Waals surface area (Å²) >= 11 is 11.6. The Labute approximate surface area is 272 Å². The summed E-state index contributed by atoms with van der Waals surface area (Å²) in [6, 6.07) is 6.87. The van der Waals surface area contributed by atoms with Crippen molar-refractivity contribution in [2.45, 2.75) is 83.8 Å². The highest BCUT2D eigenvalue weighted by Gasteiger charge is 2.46. The Bertz CT molecular complexity index is 1610. The number of hydrogen-bond acceptors (Lipinski definition) is 4. The zero-order valence-corrected chi connectivity index (χ0v) is 27.4. The molecule has 0 spiro atoms. The van der Waals surface area contributed by atoms with E-state index in [1.807, 2.05) is 27.7 Å². The van der Waals surface area contributed by atoms with Crippen LogP contribution in [-0.2, 0) is 33.6 Å². The van der Waals surface area contributed by atoms with Crippen LogP contribution in [0.4, 0.5) is 8.78 Å². The third-order valence-corrected chi connectivity index (χ3v) is 9.58. The summed E-state index contributed by atoms with van der Waals surface area (Å²) in [6.07, 6.45) is 1.56. The summed E-state index contributed by atoms with van der Waals surface area (Å²) < 4.78 is 28.8. The second kappa shape index (κ2) is 14.2. The van der Waals surface area contributed by atoms with Gasteiger partial charge in [-0.05, 0) is 54.0 Å². The van der Waals surface area contributed by atoms with Gasteiger partial charge in [-0.15, -0.1) is 0 Å². The lowest BCUT2D eigenvalue weighted by atomic mass is 9.78. The molecule has 0 fully saturated rings. The van der Waals surface area contributed by atoms with Crippen LogP contribution in [0.3, 0.4) is 0 Å². The van der Waals surface area contributed by atoms with Crippen LogP contribution in [0.2, 0.25) is 5.02 Å². The molecule has 1 aromatic heterocycles. The number of carbonyl (C=O) groups is 3. The molecule has 8 nitrogen and oxygen atoms in total. The highest BCUT2D eigenvalue weighted by atomic mass is 35.5. The number of hydrogen-bond donors (Lipinski definition) is 5. The smallest absolute Gasteiger partial charge is 0.246 e. The molecule has 45 heavy (non-hydrogen) atoms. The molecule has 6 N–H and O–H groups in total. The standard InChI is InChI=1S/C33H40ClF2N5O3S/c1-5-17(3)27(30(37)45)40-32(44)33(12-11-25-22(16-33)21-14-20(35)15-23(34)29(21)38-25)41-31(43)28(18(4)6-2)39-26(42)13-19-9-7-8-10-24(19)36/h7-10,14-15,17-18,27-28,38H,5-6,11-13,16H2,1-4H3,(H2,37,45)(H,39,42)(H,40,44)(H,41,43)/t17?,18?,27-,28-,33+/m0/s1. The number of fused-ring (bicyclic) bond motifs is 3. The number of amides is 3. The van der Waals surface area contributed by atoms with Crippen molar-refractivity contribution in [2.24, 2.45) is 17.6 Å². The fourth-order valence-corrected chi connectivity index (χ4v) is 6.44. The van der Waals surface area contributed by atoms with E-state index in [-0.39, 0.29) is 46.7 Å². The van der Waals surface area contributed by atoms with Gasteiger partial charge in [-0.2, -0.15) is 0 Å². The maximum Gasteiger partial charge on any atom is 0.246 e. The second-order valence-corrected chi connectivity index (χ2v) is 13.0. The topological polar surface area (TPSA) is 129 Å². The highest BCUT2D eigenvalue weighted by molar-refractivity contribution is 7.80. The second-order valence-electron chi connectivity index (χ2n) is 12.1. The quantitative estimate of drug-likeness (QED) is 0.174. The summed E-state index contributed by atoms with van der Waals surface area (Å²) in [4.78, 5) is 44.8. The summed E-state index contributed by atoms with van der Waals surface area (Å²) in [5, 5.41) is 9.47. The first-order valence-corrected chi connectivity index (χ1v) is 16.0. The van der Waals surface area contributed by atoms with Crippen molar-refractivity contribution >= 4 is 57.4 Å². The third kappa shape index (κ3) is 7.47. The molecule has 2 unspecified atom stereocenters. The number of halogens is 3. The summed E-state index contributed by atoms with van der Waals surface area (Å²) in [7, 11) is 0. The molecule has 0 aliphatic heterocycles. The van der Waals surface area contributed by atoms with Gasteiger partial charge in [0, 0.05) is 17.5 Å². The van der Waals surface area contributed by atoms with Crippen molar-refractivity contribution < 1.29 is 23.2 Å². The number of carbonyl (C=O) groups excluding carboxylic acids is 3. The van der Waals surface area contributed by atoms with Crippen LogP contribution in [0.1, 0.15) is 63.8 Å². The van der Waals surface area contributed by atoms with E-state index in [2.05, 4.69) is 20.9 Å². The van der Waals surface area contributed by atoms with E-state index in [0.29, 0.717) is 35.7 Å². The van der Waals surface area contributed by atoms with E-state index in [0.717, 1.165) is 5.69 Å². The minimum absolute atomic E-state index is 0.0284. The molecule has 0 radical (unpaired) electrons. The van der Waals surface area contributed by atoms with Crippen molar-refractivity contribution in [3.8, 4) is 0 Å². The van der Waals surface area contributed by atoms with Gasteiger partial charge in [0.1, 0.15) is 23.2 Å². The Balaban J connectivity index is 1.70. The predicted octanol–water partition coefficient (Wildman–Crippen LogP) is 5.03. The van der Waals surface area contributed by atoms with E-state index in [4.69, 9.17) is 29.6 Å². The normalized spacial score (nSPS) is 18.7. The maximum absolute atomic E-state index is 14.5. The van der Waals surface area contributed by atoms with Crippen LogP contribution in [-0.4, -0.2) is 45.3 Å². The number of aromatic amines is 1. The number of H-pyrrole nitrogens is 1. The molecule has 2 aromatic carbocycles. The molecule has 0 saturated carbocycles. The summed E-state index contributed by atoms with van der Waals surface area (Å²) in [5.74, 6) is -3.03. The lowest BCUT2D eigenvalue weighted by Crippen LogP contribution is -2.67. The first-order valence-electron chi connectivity index (χ1n) is 15.2. The number of benzene rings is 2. The van der Waals surface area contributed by atoms with E-state index >= 15 is 0 Å². The van der Waals surface area contributed by atoms with Gasteiger partial charge in [-0.3, -0.25) is 14.4 Å². The summed E-state index contributed by atoms with van der Waals surface area (Å²) in [5.41, 5.74) is 6.74. The van der Waals surface area contributed by atoms with Crippen molar-refractivity contribution in [3.05, 3.63) is 69.9 Å². The minimum atomic E-state index is -1.49. The van der Waals surface area contributed by atoms with E-state index < -0.39 is 47.0 Å². The lowest BCUT2D eigenvalue weighted by molar-refractivity contribution is -0.137. The number of nitrogens with two attached hydrogens (primary N) is 1. The SMILES string of the molecule is CCC(C)[C@H](NC(=O)Cc1ccccc1F)C(=O)N[C@]1(C(=O)N[C@H](C(N)=S)C(C)CC)CCc2[nH]c3c(Cl)cc(F)cc3c2C1. The summed E-state index contributed by atoms with van der Waals surface area (Å²) in [6.45, 7) is 7.57. The first kappa shape index (κ1) is 34.3. The molecular weight excluding hydrogens is 620 g/mol. The van der Waals surface area contributed by atoms with Crippen LogP contribution in [0.25, 0.3) is 10.9 Å². The van der Waals surface area contributed by atoms with Gasteiger partial charge < -0.3 is 26.7 Å². The monoisotopic (exact) mass is 659 g/mol. The molecule has 0 bridgehead atoms. The van der Waals surface area contributed by atoms with Crippen LogP contribution in [0.15, 0.2) is 36.4 Å². The van der Waals surface area contributed by atoms with Crippen LogP contribution in [0, 0.1) is 23.5 Å². The number of aryl methyl sites for hydroxylation is 1. The van der Waals surface area contributed by atoms with Gasteiger partial charge >= 0.3 is 0 Å². The van der Waals surface area contributed by atoms with E-state index in [1.165, 1.54) is 30.3 Å². The maximum atomic E-state index is 14.5. The first-order chi connectivity index (χ1) is 21.3. The van der Waals surface area contributed by atoms with Gasteiger partial charge in [0.05, 0.1) is 28.0 Å². The fraction of sp³-hybridized carbons (Fsp3) is 0.455. The molecule has 3 amide bonds. The third-order valence-electron chi connectivity index (χ3n) is 9.02. The predicted molar refractivity (Wildman–Crippen MR) is 176 cm³/mol. The number of aromatic nitrogens is 1. The van der Waals surface area contributed by atoms with Crippen molar-refractivity contribution in [1.82, 2.24) is 20.9 Å². The Morgan fingerprint density at radius 2 is 1.73 bits per heavy atom. The minimum Gasteiger partial charge on any atom is -0.392 e. The average Bonchev–Trinajstić information content (AvgIpc) is 3.36. The zero-order chi connectivity index (χ0) is 33.1.